The lowest BCUT2D eigenvalue weighted by Crippen LogP contribution is -2.47. The Morgan fingerprint density at radius 1 is 1.17 bits per heavy atom. The molecule has 0 saturated carbocycles. The minimum Gasteiger partial charge on any atom is -0.374 e. The highest BCUT2D eigenvalue weighted by molar-refractivity contribution is 6.01. The summed E-state index contributed by atoms with van der Waals surface area (Å²) in [6.45, 7) is 1.96. The van der Waals surface area contributed by atoms with Gasteiger partial charge in [-0.15, -0.1) is 0 Å². The first-order valence-electron chi connectivity index (χ1n) is 8.02. The summed E-state index contributed by atoms with van der Waals surface area (Å²) in [5.41, 5.74) is 2.49. The minimum atomic E-state index is -0.427. The monoisotopic (exact) mass is 312 g/mol. The van der Waals surface area contributed by atoms with E-state index in [1.807, 2.05) is 12.1 Å². The van der Waals surface area contributed by atoms with Gasteiger partial charge in [-0.2, -0.15) is 5.26 Å². The van der Waals surface area contributed by atoms with E-state index in [0.29, 0.717) is 24.3 Å². The number of carbonyl (C=O) groups is 2. The molecular weight excluding hydrogens is 292 g/mol. The van der Waals surface area contributed by atoms with Crippen molar-refractivity contribution in [1.82, 2.24) is 10.6 Å². The SMILES string of the molecule is N#Cc1cc(NC2CCC(=O)NC2=O)ccc1C1CCNCC1. The second-order valence-electron chi connectivity index (χ2n) is 6.09. The zero-order chi connectivity index (χ0) is 16.2. The Labute approximate surface area is 135 Å². The molecule has 23 heavy (non-hydrogen) atoms. The van der Waals surface area contributed by atoms with Crippen LogP contribution in [-0.2, 0) is 9.59 Å². The Balaban J connectivity index is 1.75. The highest BCUT2D eigenvalue weighted by Crippen LogP contribution is 2.30. The number of nitrogens with zero attached hydrogens (tertiary/aromatic N) is 1. The number of carbonyl (C=O) groups excluding carboxylic acids is 2. The zero-order valence-corrected chi connectivity index (χ0v) is 12.9. The fourth-order valence-electron chi connectivity index (χ4n) is 3.26. The van der Waals surface area contributed by atoms with Gasteiger partial charge in [-0.25, -0.2) is 0 Å². The van der Waals surface area contributed by atoms with Gasteiger partial charge in [-0.1, -0.05) is 6.07 Å². The topological polar surface area (TPSA) is 94.0 Å². The van der Waals surface area contributed by atoms with E-state index < -0.39 is 6.04 Å². The lowest BCUT2D eigenvalue weighted by Gasteiger charge is -2.25. The molecule has 6 heteroatoms. The summed E-state index contributed by atoms with van der Waals surface area (Å²) in [6.07, 6.45) is 2.88. The van der Waals surface area contributed by atoms with Crippen molar-refractivity contribution < 1.29 is 9.59 Å². The molecule has 3 rings (SSSR count). The summed E-state index contributed by atoms with van der Waals surface area (Å²) in [4.78, 5) is 23.0. The highest BCUT2D eigenvalue weighted by atomic mass is 16.2. The van der Waals surface area contributed by atoms with Crippen LogP contribution in [0.2, 0.25) is 0 Å². The number of amides is 2. The largest absolute Gasteiger partial charge is 0.374 e. The van der Waals surface area contributed by atoms with E-state index in [1.165, 1.54) is 0 Å². The molecule has 120 valence electrons. The maximum Gasteiger partial charge on any atom is 0.249 e. The molecule has 0 aromatic heterocycles. The van der Waals surface area contributed by atoms with Gasteiger partial charge in [0.05, 0.1) is 11.6 Å². The van der Waals surface area contributed by atoms with Crippen molar-refractivity contribution in [2.24, 2.45) is 0 Å². The molecule has 2 aliphatic heterocycles. The van der Waals surface area contributed by atoms with Crippen LogP contribution >= 0.6 is 0 Å². The lowest BCUT2D eigenvalue weighted by atomic mass is 9.87. The molecule has 0 spiro atoms. The van der Waals surface area contributed by atoms with Crippen LogP contribution in [0.25, 0.3) is 0 Å². The quantitative estimate of drug-likeness (QED) is 0.730. The normalized spacial score (nSPS) is 22.3. The molecule has 6 nitrogen and oxygen atoms in total. The molecule has 2 aliphatic rings. The van der Waals surface area contributed by atoms with Crippen molar-refractivity contribution in [3.63, 3.8) is 0 Å². The lowest BCUT2D eigenvalue weighted by molar-refractivity contribution is -0.133. The third-order valence-corrected chi connectivity index (χ3v) is 4.53. The second kappa shape index (κ2) is 6.80. The second-order valence-corrected chi connectivity index (χ2v) is 6.09. The van der Waals surface area contributed by atoms with Crippen molar-refractivity contribution in [1.29, 1.82) is 5.26 Å². The number of anilines is 1. The predicted molar refractivity (Wildman–Crippen MR) is 85.8 cm³/mol. The maximum atomic E-state index is 11.8. The standard InChI is InChI=1S/C17H20N4O2/c18-10-12-9-13(20-15-3-4-16(22)21-17(15)23)1-2-14(12)11-5-7-19-8-6-11/h1-2,9,11,15,19-20H,3-8H2,(H,21,22,23). The average molecular weight is 312 g/mol. The van der Waals surface area contributed by atoms with E-state index >= 15 is 0 Å². The molecule has 1 aromatic carbocycles. The smallest absolute Gasteiger partial charge is 0.249 e. The molecule has 3 N–H and O–H groups in total. The summed E-state index contributed by atoms with van der Waals surface area (Å²) >= 11 is 0. The molecule has 0 aliphatic carbocycles. The molecule has 0 radical (unpaired) electrons. The van der Waals surface area contributed by atoms with Crippen LogP contribution in [0.15, 0.2) is 18.2 Å². The van der Waals surface area contributed by atoms with Crippen LogP contribution in [0, 0.1) is 11.3 Å². The number of hydrogen-bond acceptors (Lipinski definition) is 5. The van der Waals surface area contributed by atoms with E-state index in [2.05, 4.69) is 22.0 Å². The first kappa shape index (κ1) is 15.5. The van der Waals surface area contributed by atoms with E-state index in [9.17, 15) is 14.9 Å². The molecule has 1 unspecified atom stereocenters. The minimum absolute atomic E-state index is 0.230. The summed E-state index contributed by atoms with van der Waals surface area (Å²) < 4.78 is 0. The third kappa shape index (κ3) is 3.51. The fourth-order valence-corrected chi connectivity index (χ4v) is 3.26. The molecule has 0 bridgehead atoms. The van der Waals surface area contributed by atoms with Gasteiger partial charge in [-0.05, 0) is 56.0 Å². The van der Waals surface area contributed by atoms with E-state index in [1.54, 1.807) is 6.07 Å². The van der Waals surface area contributed by atoms with Crippen LogP contribution < -0.4 is 16.0 Å². The number of rotatable bonds is 3. The maximum absolute atomic E-state index is 11.8. The van der Waals surface area contributed by atoms with Crippen molar-refractivity contribution in [2.45, 2.75) is 37.6 Å². The van der Waals surface area contributed by atoms with Gasteiger partial charge >= 0.3 is 0 Å². The summed E-state index contributed by atoms with van der Waals surface area (Å²) in [7, 11) is 0. The van der Waals surface area contributed by atoms with Gasteiger partial charge < -0.3 is 10.6 Å². The van der Waals surface area contributed by atoms with Crippen LogP contribution in [0.3, 0.4) is 0 Å². The van der Waals surface area contributed by atoms with Crippen molar-refractivity contribution in [3.05, 3.63) is 29.3 Å². The van der Waals surface area contributed by atoms with Crippen LogP contribution in [0.1, 0.15) is 42.7 Å². The van der Waals surface area contributed by atoms with Gasteiger partial charge in [0.15, 0.2) is 0 Å². The Bertz CT molecular complexity index is 659. The van der Waals surface area contributed by atoms with E-state index in [4.69, 9.17) is 0 Å². The molecule has 2 heterocycles. The van der Waals surface area contributed by atoms with Crippen molar-refractivity contribution in [2.75, 3.05) is 18.4 Å². The zero-order valence-electron chi connectivity index (χ0n) is 12.9. The molecule has 1 atom stereocenters. The summed E-state index contributed by atoms with van der Waals surface area (Å²) in [5, 5.41) is 18.2. The number of piperidine rings is 2. The predicted octanol–water partition coefficient (Wildman–Crippen LogP) is 1.24. The first-order valence-corrected chi connectivity index (χ1v) is 8.02. The van der Waals surface area contributed by atoms with Gasteiger partial charge in [0.2, 0.25) is 11.8 Å². The molecule has 2 saturated heterocycles. The Morgan fingerprint density at radius 2 is 1.96 bits per heavy atom. The molecule has 2 fully saturated rings. The van der Waals surface area contributed by atoms with Crippen molar-refractivity contribution in [3.8, 4) is 6.07 Å². The fraction of sp³-hybridized carbons (Fsp3) is 0.471. The number of nitriles is 1. The van der Waals surface area contributed by atoms with Gasteiger partial charge in [0.25, 0.3) is 0 Å². The first-order chi connectivity index (χ1) is 11.2. The highest BCUT2D eigenvalue weighted by Gasteiger charge is 2.26. The number of imide groups is 1. The molecular formula is C17H20N4O2. The van der Waals surface area contributed by atoms with Crippen LogP contribution in [0.4, 0.5) is 5.69 Å². The Hall–Kier alpha value is -2.39. The number of benzene rings is 1. The van der Waals surface area contributed by atoms with Gasteiger partial charge in [0, 0.05) is 12.1 Å². The number of nitrogens with one attached hydrogen (secondary N) is 3. The van der Waals surface area contributed by atoms with Crippen LogP contribution in [0.5, 0.6) is 0 Å². The van der Waals surface area contributed by atoms with Crippen LogP contribution in [-0.4, -0.2) is 30.9 Å². The summed E-state index contributed by atoms with van der Waals surface area (Å²) in [5.74, 6) is -0.121. The third-order valence-electron chi connectivity index (χ3n) is 4.53. The molecule has 2 amide bonds. The average Bonchev–Trinajstić information content (AvgIpc) is 2.58. The van der Waals surface area contributed by atoms with E-state index in [-0.39, 0.29) is 11.8 Å². The Morgan fingerprint density at radius 3 is 2.65 bits per heavy atom. The van der Waals surface area contributed by atoms with E-state index in [0.717, 1.165) is 37.2 Å². The number of hydrogen-bond donors (Lipinski definition) is 3. The molecule has 1 aromatic rings. The van der Waals surface area contributed by atoms with Gasteiger partial charge in [-0.3, -0.25) is 14.9 Å². The van der Waals surface area contributed by atoms with Gasteiger partial charge in [0.1, 0.15) is 6.04 Å². The summed E-state index contributed by atoms with van der Waals surface area (Å²) in [6, 6.07) is 7.56. The Kier molecular flexibility index (Phi) is 4.58. The van der Waals surface area contributed by atoms with Crippen molar-refractivity contribution >= 4 is 17.5 Å².